The van der Waals surface area contributed by atoms with Crippen molar-refractivity contribution in [1.29, 1.82) is 0 Å². The molecule has 1 saturated heterocycles. The summed E-state index contributed by atoms with van der Waals surface area (Å²) >= 11 is 0. The number of carbonyl (C=O) groups excluding carboxylic acids is 2. The second kappa shape index (κ2) is 6.44. The molecule has 1 aliphatic heterocycles. The van der Waals surface area contributed by atoms with Gasteiger partial charge in [0.15, 0.2) is 0 Å². The number of aliphatic hydroxyl groups excluding tert-OH is 1. The second-order valence-corrected chi connectivity index (χ2v) is 4.10. The molecule has 1 heterocycles. The zero-order chi connectivity index (χ0) is 12.0. The zero-order valence-corrected chi connectivity index (χ0v) is 9.45. The van der Waals surface area contributed by atoms with E-state index in [-0.39, 0.29) is 36.9 Å². The second-order valence-electron chi connectivity index (χ2n) is 4.10. The smallest absolute Gasteiger partial charge is 0.238 e. The SMILES string of the molecule is CC(CCO)CNC(=O)C1CNC(=O)CN1. The van der Waals surface area contributed by atoms with E-state index in [2.05, 4.69) is 16.0 Å². The fourth-order valence-electron chi connectivity index (χ4n) is 1.47. The van der Waals surface area contributed by atoms with Crippen molar-refractivity contribution >= 4 is 11.8 Å². The highest BCUT2D eigenvalue weighted by Gasteiger charge is 2.23. The molecule has 2 amide bonds. The Kier molecular flexibility index (Phi) is 5.21. The van der Waals surface area contributed by atoms with Crippen molar-refractivity contribution in [1.82, 2.24) is 16.0 Å². The summed E-state index contributed by atoms with van der Waals surface area (Å²) in [5.74, 6) is 0.0645. The standard InChI is InChI=1S/C10H19N3O3/c1-7(2-3-14)4-13-10(16)8-5-12-9(15)6-11-8/h7-8,11,14H,2-6H2,1H3,(H,12,15)(H,13,16). The van der Waals surface area contributed by atoms with Crippen LogP contribution >= 0.6 is 0 Å². The average Bonchev–Trinajstić information content (AvgIpc) is 2.27. The van der Waals surface area contributed by atoms with E-state index in [0.717, 1.165) is 0 Å². The predicted octanol–water partition coefficient (Wildman–Crippen LogP) is -1.79. The van der Waals surface area contributed by atoms with E-state index in [1.807, 2.05) is 6.92 Å². The summed E-state index contributed by atoms with van der Waals surface area (Å²) in [5, 5.41) is 17.0. The lowest BCUT2D eigenvalue weighted by Crippen LogP contribution is -2.58. The average molecular weight is 229 g/mol. The largest absolute Gasteiger partial charge is 0.396 e. The highest BCUT2D eigenvalue weighted by Crippen LogP contribution is 1.98. The summed E-state index contributed by atoms with van der Waals surface area (Å²) in [6, 6.07) is -0.348. The van der Waals surface area contributed by atoms with Crippen LogP contribution in [0.25, 0.3) is 0 Å². The highest BCUT2D eigenvalue weighted by atomic mass is 16.3. The molecule has 0 radical (unpaired) electrons. The number of carbonyl (C=O) groups is 2. The Morgan fingerprint density at radius 3 is 3.00 bits per heavy atom. The van der Waals surface area contributed by atoms with Crippen LogP contribution in [0.4, 0.5) is 0 Å². The van der Waals surface area contributed by atoms with Crippen LogP contribution in [0.1, 0.15) is 13.3 Å². The first-order chi connectivity index (χ1) is 7.63. The molecular weight excluding hydrogens is 210 g/mol. The van der Waals surface area contributed by atoms with Crippen molar-refractivity contribution in [2.75, 3.05) is 26.2 Å². The quantitative estimate of drug-likeness (QED) is 0.448. The maximum atomic E-state index is 11.6. The molecule has 6 nitrogen and oxygen atoms in total. The van der Waals surface area contributed by atoms with Gasteiger partial charge in [0.2, 0.25) is 11.8 Å². The Bertz CT molecular complexity index is 248. The minimum atomic E-state index is -0.348. The zero-order valence-electron chi connectivity index (χ0n) is 9.45. The number of nitrogens with one attached hydrogen (secondary N) is 3. The topological polar surface area (TPSA) is 90.5 Å². The molecule has 0 aromatic rings. The number of hydrogen-bond acceptors (Lipinski definition) is 4. The Morgan fingerprint density at radius 2 is 2.44 bits per heavy atom. The Hall–Kier alpha value is -1.14. The van der Waals surface area contributed by atoms with Crippen LogP contribution in [0.3, 0.4) is 0 Å². The van der Waals surface area contributed by atoms with E-state index >= 15 is 0 Å². The predicted molar refractivity (Wildman–Crippen MR) is 58.7 cm³/mol. The molecule has 0 aromatic heterocycles. The summed E-state index contributed by atoms with van der Waals surface area (Å²) in [6.07, 6.45) is 0.676. The summed E-state index contributed by atoms with van der Waals surface area (Å²) in [6.45, 7) is 3.16. The van der Waals surface area contributed by atoms with E-state index in [1.165, 1.54) is 0 Å². The number of rotatable bonds is 5. The normalized spacial score (nSPS) is 22.4. The van der Waals surface area contributed by atoms with Gasteiger partial charge in [-0.3, -0.25) is 14.9 Å². The van der Waals surface area contributed by atoms with Crippen molar-refractivity contribution in [2.24, 2.45) is 5.92 Å². The molecule has 4 N–H and O–H groups in total. The first kappa shape index (κ1) is 12.9. The third kappa shape index (κ3) is 4.16. The summed E-state index contributed by atoms with van der Waals surface area (Å²) < 4.78 is 0. The van der Waals surface area contributed by atoms with Gasteiger partial charge in [0.05, 0.1) is 6.54 Å². The molecule has 16 heavy (non-hydrogen) atoms. The van der Waals surface area contributed by atoms with E-state index in [0.29, 0.717) is 19.5 Å². The van der Waals surface area contributed by atoms with Crippen molar-refractivity contribution in [3.63, 3.8) is 0 Å². The molecule has 6 heteroatoms. The van der Waals surface area contributed by atoms with Gasteiger partial charge < -0.3 is 15.7 Å². The van der Waals surface area contributed by atoms with Gasteiger partial charge in [-0.05, 0) is 12.3 Å². The fourth-order valence-corrected chi connectivity index (χ4v) is 1.47. The number of hydrogen-bond donors (Lipinski definition) is 4. The van der Waals surface area contributed by atoms with E-state index in [1.54, 1.807) is 0 Å². The van der Waals surface area contributed by atoms with Gasteiger partial charge in [0, 0.05) is 19.7 Å². The molecule has 0 aromatic carbocycles. The van der Waals surface area contributed by atoms with Gasteiger partial charge in [-0.25, -0.2) is 0 Å². The molecule has 0 saturated carbocycles. The Labute approximate surface area is 94.8 Å². The minimum Gasteiger partial charge on any atom is -0.396 e. The number of piperazine rings is 1. The molecule has 2 atom stereocenters. The van der Waals surface area contributed by atoms with Crippen LogP contribution in [-0.2, 0) is 9.59 Å². The van der Waals surface area contributed by atoms with E-state index < -0.39 is 0 Å². The van der Waals surface area contributed by atoms with Crippen LogP contribution in [0.2, 0.25) is 0 Å². The summed E-state index contributed by atoms with van der Waals surface area (Å²) in [7, 11) is 0. The molecule has 92 valence electrons. The summed E-state index contributed by atoms with van der Waals surface area (Å²) in [4.78, 5) is 22.5. The maximum Gasteiger partial charge on any atom is 0.238 e. The molecule has 2 unspecified atom stereocenters. The fraction of sp³-hybridized carbons (Fsp3) is 0.800. The van der Waals surface area contributed by atoms with Gasteiger partial charge in [-0.1, -0.05) is 6.92 Å². The third-order valence-corrected chi connectivity index (χ3v) is 2.58. The lowest BCUT2D eigenvalue weighted by molar-refractivity contribution is -0.126. The molecular formula is C10H19N3O3. The van der Waals surface area contributed by atoms with Crippen molar-refractivity contribution in [3.8, 4) is 0 Å². The van der Waals surface area contributed by atoms with E-state index in [4.69, 9.17) is 5.11 Å². The van der Waals surface area contributed by atoms with Crippen LogP contribution < -0.4 is 16.0 Å². The van der Waals surface area contributed by atoms with Crippen molar-refractivity contribution in [2.45, 2.75) is 19.4 Å². The van der Waals surface area contributed by atoms with Gasteiger partial charge in [0.1, 0.15) is 6.04 Å². The van der Waals surface area contributed by atoms with Crippen molar-refractivity contribution < 1.29 is 14.7 Å². The Morgan fingerprint density at radius 1 is 1.69 bits per heavy atom. The number of amides is 2. The minimum absolute atomic E-state index is 0.0855. The Balaban J connectivity index is 2.22. The molecule has 1 rings (SSSR count). The van der Waals surface area contributed by atoms with Gasteiger partial charge in [-0.15, -0.1) is 0 Å². The lowest BCUT2D eigenvalue weighted by atomic mass is 10.1. The lowest BCUT2D eigenvalue weighted by Gasteiger charge is -2.23. The third-order valence-electron chi connectivity index (χ3n) is 2.58. The monoisotopic (exact) mass is 229 g/mol. The first-order valence-electron chi connectivity index (χ1n) is 5.52. The molecule has 0 aliphatic carbocycles. The van der Waals surface area contributed by atoms with E-state index in [9.17, 15) is 9.59 Å². The highest BCUT2D eigenvalue weighted by molar-refractivity contribution is 5.86. The molecule has 0 spiro atoms. The molecule has 1 fully saturated rings. The van der Waals surface area contributed by atoms with Gasteiger partial charge in [0.25, 0.3) is 0 Å². The van der Waals surface area contributed by atoms with Crippen LogP contribution in [0.5, 0.6) is 0 Å². The molecule has 1 aliphatic rings. The van der Waals surface area contributed by atoms with Gasteiger partial charge in [-0.2, -0.15) is 0 Å². The molecule has 0 bridgehead atoms. The first-order valence-corrected chi connectivity index (χ1v) is 5.52. The van der Waals surface area contributed by atoms with Crippen LogP contribution in [0.15, 0.2) is 0 Å². The summed E-state index contributed by atoms with van der Waals surface area (Å²) in [5.41, 5.74) is 0. The van der Waals surface area contributed by atoms with Crippen LogP contribution in [0, 0.1) is 5.92 Å². The maximum absolute atomic E-state index is 11.6. The number of aliphatic hydroxyl groups is 1. The van der Waals surface area contributed by atoms with Crippen LogP contribution in [-0.4, -0.2) is 49.2 Å². The van der Waals surface area contributed by atoms with Crippen molar-refractivity contribution in [3.05, 3.63) is 0 Å². The van der Waals surface area contributed by atoms with Gasteiger partial charge >= 0.3 is 0 Å².